The molecule has 2 heterocycles. The maximum absolute atomic E-state index is 12.8. The molecule has 1 aliphatic rings. The fraction of sp³-hybridized carbons (Fsp3) is 0.263. The second-order valence-corrected chi connectivity index (χ2v) is 7.36. The number of benzene rings is 1. The molecular formula is C19H20N4O4S. The number of urea groups is 1. The molecule has 2 aromatic rings. The van der Waals surface area contributed by atoms with E-state index in [-0.39, 0.29) is 5.91 Å². The number of imide groups is 1. The fourth-order valence-corrected chi connectivity index (χ4v) is 3.75. The molecule has 28 heavy (non-hydrogen) atoms. The first-order chi connectivity index (χ1) is 13.3. The lowest BCUT2D eigenvalue weighted by molar-refractivity contribution is -0.133. The zero-order valence-electron chi connectivity index (χ0n) is 15.4. The summed E-state index contributed by atoms with van der Waals surface area (Å²) in [6.45, 7) is 3.50. The Morgan fingerprint density at radius 1 is 1.21 bits per heavy atom. The Morgan fingerprint density at radius 3 is 2.68 bits per heavy atom. The highest BCUT2D eigenvalue weighted by Gasteiger charge is 2.50. The molecule has 3 rings (SSSR count). The molecule has 146 valence electrons. The third kappa shape index (κ3) is 3.74. The van der Waals surface area contributed by atoms with Crippen LogP contribution in [0.2, 0.25) is 0 Å². The fourth-order valence-electron chi connectivity index (χ4n) is 2.92. The Bertz CT molecular complexity index is 928. The number of anilines is 1. The van der Waals surface area contributed by atoms with Crippen LogP contribution in [0, 0.1) is 0 Å². The number of carbonyl (C=O) groups excluding carboxylic acids is 4. The van der Waals surface area contributed by atoms with E-state index in [9.17, 15) is 19.2 Å². The minimum atomic E-state index is -1.18. The van der Waals surface area contributed by atoms with Crippen molar-refractivity contribution in [1.29, 1.82) is 0 Å². The van der Waals surface area contributed by atoms with Crippen molar-refractivity contribution in [2.45, 2.75) is 19.4 Å². The van der Waals surface area contributed by atoms with Gasteiger partial charge in [0, 0.05) is 22.7 Å². The molecule has 0 bridgehead atoms. The Labute approximate surface area is 165 Å². The van der Waals surface area contributed by atoms with Crippen molar-refractivity contribution < 1.29 is 19.2 Å². The van der Waals surface area contributed by atoms with Gasteiger partial charge in [-0.2, -0.15) is 0 Å². The van der Waals surface area contributed by atoms with Crippen LogP contribution in [0.15, 0.2) is 41.8 Å². The molecular weight excluding hydrogens is 380 g/mol. The second kappa shape index (κ2) is 7.81. The summed E-state index contributed by atoms with van der Waals surface area (Å²) >= 11 is 1.36. The standard InChI is InChI=1S/C19H20N4O4S/c1-3-20-16(25)12-6-4-7-13(10-12)21-15(24)11-23-17(26)19(2,22-18(23)27)14-8-5-9-28-14/h4-10H,3,11H2,1-2H3,(H,20,25)(H,21,24)(H,22,27)/t19-/m0/s1. The first-order valence-corrected chi connectivity index (χ1v) is 9.59. The molecule has 1 saturated heterocycles. The summed E-state index contributed by atoms with van der Waals surface area (Å²) in [6, 6.07) is 9.37. The SMILES string of the molecule is CCNC(=O)c1cccc(NC(=O)CN2C(=O)N[C@@](C)(c3cccs3)C2=O)c1. The van der Waals surface area contributed by atoms with E-state index in [1.807, 2.05) is 12.3 Å². The van der Waals surface area contributed by atoms with Crippen LogP contribution in [0.1, 0.15) is 29.1 Å². The van der Waals surface area contributed by atoms with Crippen LogP contribution >= 0.6 is 11.3 Å². The topological polar surface area (TPSA) is 108 Å². The van der Waals surface area contributed by atoms with Gasteiger partial charge in [-0.15, -0.1) is 11.3 Å². The second-order valence-electron chi connectivity index (χ2n) is 6.41. The van der Waals surface area contributed by atoms with E-state index in [1.54, 1.807) is 37.3 Å². The molecule has 1 atom stereocenters. The molecule has 0 saturated carbocycles. The van der Waals surface area contributed by atoms with E-state index < -0.39 is 29.9 Å². The van der Waals surface area contributed by atoms with Crippen LogP contribution in [0.4, 0.5) is 10.5 Å². The first-order valence-electron chi connectivity index (χ1n) is 8.71. The van der Waals surface area contributed by atoms with Gasteiger partial charge in [-0.25, -0.2) is 4.79 Å². The average molecular weight is 400 g/mol. The van der Waals surface area contributed by atoms with Crippen LogP contribution in [0.25, 0.3) is 0 Å². The van der Waals surface area contributed by atoms with Gasteiger partial charge in [0.25, 0.3) is 11.8 Å². The van der Waals surface area contributed by atoms with Gasteiger partial charge in [0.05, 0.1) is 0 Å². The number of thiophene rings is 1. The molecule has 0 aliphatic carbocycles. The van der Waals surface area contributed by atoms with Crippen molar-refractivity contribution in [1.82, 2.24) is 15.5 Å². The summed E-state index contributed by atoms with van der Waals surface area (Å²) in [5.41, 5.74) is -0.370. The van der Waals surface area contributed by atoms with E-state index >= 15 is 0 Å². The van der Waals surface area contributed by atoms with Crippen molar-refractivity contribution >= 4 is 40.8 Å². The summed E-state index contributed by atoms with van der Waals surface area (Å²) in [4.78, 5) is 50.9. The third-order valence-electron chi connectivity index (χ3n) is 4.34. The van der Waals surface area contributed by atoms with Gasteiger partial charge in [-0.3, -0.25) is 19.3 Å². The van der Waals surface area contributed by atoms with E-state index in [0.29, 0.717) is 22.7 Å². The van der Waals surface area contributed by atoms with Gasteiger partial charge < -0.3 is 16.0 Å². The molecule has 1 aromatic carbocycles. The Balaban J connectivity index is 1.68. The third-order valence-corrected chi connectivity index (χ3v) is 5.43. The normalized spacial score (nSPS) is 18.7. The highest BCUT2D eigenvalue weighted by Crippen LogP contribution is 2.31. The number of amides is 5. The quantitative estimate of drug-likeness (QED) is 0.644. The Morgan fingerprint density at radius 2 is 2.00 bits per heavy atom. The summed E-state index contributed by atoms with van der Waals surface area (Å²) < 4.78 is 0. The Kier molecular flexibility index (Phi) is 5.46. The van der Waals surface area contributed by atoms with Crippen LogP contribution < -0.4 is 16.0 Å². The highest BCUT2D eigenvalue weighted by atomic mass is 32.1. The zero-order chi connectivity index (χ0) is 20.3. The number of hydrogen-bond donors (Lipinski definition) is 3. The van der Waals surface area contributed by atoms with Gasteiger partial charge in [0.2, 0.25) is 5.91 Å². The predicted molar refractivity (Wildman–Crippen MR) is 105 cm³/mol. The van der Waals surface area contributed by atoms with Crippen LogP contribution in [-0.2, 0) is 15.1 Å². The molecule has 3 N–H and O–H groups in total. The van der Waals surface area contributed by atoms with Crippen molar-refractivity contribution in [2.75, 3.05) is 18.4 Å². The van der Waals surface area contributed by atoms with E-state index in [4.69, 9.17) is 0 Å². The molecule has 1 aromatic heterocycles. The summed E-state index contributed by atoms with van der Waals surface area (Å²) in [6.07, 6.45) is 0. The van der Waals surface area contributed by atoms with Gasteiger partial charge >= 0.3 is 6.03 Å². The van der Waals surface area contributed by atoms with Crippen molar-refractivity contribution in [3.05, 3.63) is 52.2 Å². The van der Waals surface area contributed by atoms with E-state index in [1.165, 1.54) is 17.4 Å². The summed E-state index contributed by atoms with van der Waals surface area (Å²) in [5, 5.41) is 9.77. The van der Waals surface area contributed by atoms with Crippen LogP contribution in [0.3, 0.4) is 0 Å². The Hall–Kier alpha value is -3.20. The maximum Gasteiger partial charge on any atom is 0.325 e. The predicted octanol–water partition coefficient (Wildman–Crippen LogP) is 1.90. The molecule has 5 amide bonds. The van der Waals surface area contributed by atoms with E-state index in [0.717, 1.165) is 4.90 Å². The van der Waals surface area contributed by atoms with Crippen LogP contribution in [-0.4, -0.2) is 41.7 Å². The summed E-state index contributed by atoms with van der Waals surface area (Å²) in [7, 11) is 0. The molecule has 0 unspecified atom stereocenters. The molecule has 1 aliphatic heterocycles. The monoisotopic (exact) mass is 400 g/mol. The lowest BCUT2D eigenvalue weighted by atomic mass is 10.0. The molecule has 1 fully saturated rings. The van der Waals surface area contributed by atoms with Crippen molar-refractivity contribution in [3.8, 4) is 0 Å². The number of carbonyl (C=O) groups is 4. The smallest absolute Gasteiger partial charge is 0.325 e. The van der Waals surface area contributed by atoms with Crippen LogP contribution in [0.5, 0.6) is 0 Å². The lowest BCUT2D eigenvalue weighted by Crippen LogP contribution is -2.41. The minimum Gasteiger partial charge on any atom is -0.352 e. The average Bonchev–Trinajstić information content (AvgIpc) is 3.27. The summed E-state index contributed by atoms with van der Waals surface area (Å²) in [5.74, 6) is -1.27. The van der Waals surface area contributed by atoms with Gasteiger partial charge in [0.1, 0.15) is 6.54 Å². The van der Waals surface area contributed by atoms with Crippen molar-refractivity contribution in [2.24, 2.45) is 0 Å². The van der Waals surface area contributed by atoms with Gasteiger partial charge in [-0.05, 0) is 43.5 Å². The van der Waals surface area contributed by atoms with Crippen molar-refractivity contribution in [3.63, 3.8) is 0 Å². The number of nitrogens with zero attached hydrogens (tertiary/aromatic N) is 1. The highest BCUT2D eigenvalue weighted by molar-refractivity contribution is 7.10. The number of rotatable bonds is 6. The van der Waals surface area contributed by atoms with Gasteiger partial charge in [0.15, 0.2) is 5.54 Å². The first kappa shape index (κ1) is 19.6. The van der Waals surface area contributed by atoms with E-state index in [2.05, 4.69) is 16.0 Å². The largest absolute Gasteiger partial charge is 0.352 e. The maximum atomic E-state index is 12.8. The number of hydrogen-bond acceptors (Lipinski definition) is 5. The minimum absolute atomic E-state index is 0.251. The molecule has 8 nitrogen and oxygen atoms in total. The van der Waals surface area contributed by atoms with Gasteiger partial charge in [-0.1, -0.05) is 12.1 Å². The molecule has 0 radical (unpaired) electrons. The number of nitrogens with one attached hydrogen (secondary N) is 3. The lowest BCUT2D eigenvalue weighted by Gasteiger charge is -2.20. The zero-order valence-corrected chi connectivity index (χ0v) is 16.3. The molecule has 9 heteroatoms. The molecule has 0 spiro atoms.